The van der Waals surface area contributed by atoms with Gasteiger partial charge in [-0.3, -0.25) is 0 Å². The van der Waals surface area contributed by atoms with Crippen LogP contribution in [0.1, 0.15) is 32.6 Å². The zero-order valence-electron chi connectivity index (χ0n) is 10.9. The van der Waals surface area contributed by atoms with Crippen molar-refractivity contribution in [1.82, 2.24) is 9.97 Å². The van der Waals surface area contributed by atoms with Gasteiger partial charge in [-0.2, -0.15) is 0 Å². The molecule has 1 saturated carbocycles. The van der Waals surface area contributed by atoms with Gasteiger partial charge in [-0.15, -0.1) is 0 Å². The van der Waals surface area contributed by atoms with Crippen LogP contribution in [-0.2, 0) is 0 Å². The highest BCUT2D eigenvalue weighted by Gasteiger charge is 2.19. The number of anilines is 2. The molecule has 0 spiro atoms. The van der Waals surface area contributed by atoms with Crippen molar-refractivity contribution in [2.45, 2.75) is 43.8 Å². The van der Waals surface area contributed by atoms with Gasteiger partial charge >= 0.3 is 0 Å². The second kappa shape index (κ2) is 6.24. The van der Waals surface area contributed by atoms with Crippen molar-refractivity contribution in [1.29, 1.82) is 0 Å². The lowest BCUT2D eigenvalue weighted by atomic mass is 9.87. The first kappa shape index (κ1) is 13.4. The third-order valence-electron chi connectivity index (χ3n) is 3.32. The highest BCUT2D eigenvalue weighted by atomic mass is 32.2. The minimum Gasteiger partial charge on any atom is -0.367 e. The molecule has 0 saturated heterocycles. The van der Waals surface area contributed by atoms with Gasteiger partial charge in [0.2, 0.25) is 0 Å². The molecule has 1 aromatic heterocycles. The first-order valence-corrected chi connectivity index (χ1v) is 7.60. The molecule has 2 rings (SSSR count). The fraction of sp³-hybridized carbons (Fsp3) is 0.667. The lowest BCUT2D eigenvalue weighted by Gasteiger charge is -2.28. The number of nitrogens with zero attached hydrogens (tertiary/aromatic N) is 2. The Bertz CT molecular complexity index is 376. The van der Waals surface area contributed by atoms with Gasteiger partial charge < -0.3 is 10.7 Å². The number of rotatable bonds is 4. The second-order valence-corrected chi connectivity index (χ2v) is 5.66. The monoisotopic (exact) mass is 267 g/mol. The summed E-state index contributed by atoms with van der Waals surface area (Å²) in [4.78, 5) is 8.72. The molecule has 18 heavy (non-hydrogen) atoms. The van der Waals surface area contributed by atoms with Gasteiger partial charge in [0.15, 0.2) is 5.16 Å². The number of nitrogen functional groups attached to an aromatic ring is 1. The fourth-order valence-electron chi connectivity index (χ4n) is 2.44. The van der Waals surface area contributed by atoms with Gasteiger partial charge in [0.25, 0.3) is 0 Å². The van der Waals surface area contributed by atoms with Crippen molar-refractivity contribution in [2.75, 3.05) is 17.0 Å². The van der Waals surface area contributed by atoms with Crippen LogP contribution in [0.2, 0.25) is 0 Å². The minimum atomic E-state index is 0.518. The van der Waals surface area contributed by atoms with Crippen molar-refractivity contribution >= 4 is 23.4 Å². The maximum absolute atomic E-state index is 5.42. The Kier molecular flexibility index (Phi) is 4.66. The van der Waals surface area contributed by atoms with Gasteiger partial charge in [0.05, 0.1) is 0 Å². The molecule has 0 radical (unpaired) electrons. The summed E-state index contributed by atoms with van der Waals surface area (Å²) in [7, 11) is 0. The normalized spacial score (nSPS) is 23.7. The predicted molar refractivity (Wildman–Crippen MR) is 76.7 cm³/mol. The average Bonchev–Trinajstić information content (AvgIpc) is 2.38. The molecule has 100 valence electrons. The summed E-state index contributed by atoms with van der Waals surface area (Å²) in [6.07, 6.45) is 7.02. The molecule has 5 nitrogen and oxygen atoms in total. The van der Waals surface area contributed by atoms with E-state index in [1.165, 1.54) is 37.4 Å². The molecule has 0 aromatic carbocycles. The van der Waals surface area contributed by atoms with Crippen LogP contribution in [0.25, 0.3) is 0 Å². The number of nitrogens with one attached hydrogen (secondary N) is 2. The van der Waals surface area contributed by atoms with Crippen molar-refractivity contribution < 1.29 is 0 Å². The first-order valence-electron chi connectivity index (χ1n) is 6.37. The zero-order valence-corrected chi connectivity index (χ0v) is 11.8. The molecule has 0 aliphatic heterocycles. The number of nitrogens with two attached hydrogens (primary N) is 1. The van der Waals surface area contributed by atoms with E-state index in [9.17, 15) is 0 Å². The van der Waals surface area contributed by atoms with E-state index >= 15 is 0 Å². The van der Waals surface area contributed by atoms with Crippen molar-refractivity contribution in [3.8, 4) is 0 Å². The van der Waals surface area contributed by atoms with Gasteiger partial charge in [-0.1, -0.05) is 31.5 Å². The Balaban J connectivity index is 2.07. The highest BCUT2D eigenvalue weighted by Crippen LogP contribution is 2.26. The van der Waals surface area contributed by atoms with Crippen molar-refractivity contribution in [3.05, 3.63) is 6.07 Å². The second-order valence-electron chi connectivity index (χ2n) is 4.88. The van der Waals surface area contributed by atoms with Crippen molar-refractivity contribution in [2.24, 2.45) is 11.8 Å². The molecule has 4 N–H and O–H groups in total. The molecule has 1 fully saturated rings. The summed E-state index contributed by atoms with van der Waals surface area (Å²) in [6.45, 7) is 2.31. The summed E-state index contributed by atoms with van der Waals surface area (Å²) < 4.78 is 0. The van der Waals surface area contributed by atoms with Crippen LogP contribution < -0.4 is 16.6 Å². The molecule has 1 aliphatic carbocycles. The summed E-state index contributed by atoms with van der Waals surface area (Å²) in [6, 6.07) is 2.38. The largest absolute Gasteiger partial charge is 0.367 e. The van der Waals surface area contributed by atoms with Gasteiger partial charge in [-0.05, 0) is 25.0 Å². The van der Waals surface area contributed by atoms with Crippen LogP contribution >= 0.6 is 11.8 Å². The lowest BCUT2D eigenvalue weighted by Crippen LogP contribution is -2.26. The van der Waals surface area contributed by atoms with Gasteiger partial charge in [-0.25, -0.2) is 15.8 Å². The fourth-order valence-corrected chi connectivity index (χ4v) is 2.82. The maximum Gasteiger partial charge on any atom is 0.191 e. The smallest absolute Gasteiger partial charge is 0.191 e. The van der Waals surface area contributed by atoms with E-state index in [0.717, 1.165) is 16.9 Å². The Morgan fingerprint density at radius 3 is 2.78 bits per heavy atom. The molecular formula is C12H21N5S. The summed E-state index contributed by atoms with van der Waals surface area (Å²) >= 11 is 1.52. The molecule has 1 heterocycles. The molecule has 6 heteroatoms. The first-order chi connectivity index (χ1) is 8.71. The van der Waals surface area contributed by atoms with Crippen LogP contribution in [0.15, 0.2) is 11.2 Å². The number of hydrogen-bond acceptors (Lipinski definition) is 6. The quantitative estimate of drug-likeness (QED) is 0.337. The summed E-state index contributed by atoms with van der Waals surface area (Å²) in [5.41, 5.74) is 2.58. The molecule has 0 amide bonds. The van der Waals surface area contributed by atoms with E-state index in [-0.39, 0.29) is 0 Å². The Morgan fingerprint density at radius 2 is 2.11 bits per heavy atom. The van der Waals surface area contributed by atoms with E-state index in [4.69, 9.17) is 5.84 Å². The Labute approximate surface area is 112 Å². The highest BCUT2D eigenvalue weighted by molar-refractivity contribution is 7.98. The van der Waals surface area contributed by atoms with Crippen LogP contribution in [-0.4, -0.2) is 22.3 Å². The van der Waals surface area contributed by atoms with E-state index in [2.05, 4.69) is 27.6 Å². The summed E-state index contributed by atoms with van der Waals surface area (Å²) in [5, 5.41) is 4.23. The topological polar surface area (TPSA) is 75.9 Å². The molecule has 1 aliphatic rings. The zero-order chi connectivity index (χ0) is 13.0. The molecular weight excluding hydrogens is 246 g/mol. The van der Waals surface area contributed by atoms with Gasteiger partial charge in [0.1, 0.15) is 11.6 Å². The number of hydrogen-bond donors (Lipinski definition) is 3. The van der Waals surface area contributed by atoms with Crippen molar-refractivity contribution in [3.63, 3.8) is 0 Å². The van der Waals surface area contributed by atoms with E-state index < -0.39 is 0 Å². The molecule has 0 bridgehead atoms. The summed E-state index contributed by atoms with van der Waals surface area (Å²) in [5.74, 6) is 7.73. The Hall–Kier alpha value is -1.01. The molecule has 2 unspecified atom stereocenters. The van der Waals surface area contributed by atoms with Crippen LogP contribution in [0.5, 0.6) is 0 Å². The number of hydrazine groups is 1. The van der Waals surface area contributed by atoms with Crippen LogP contribution in [0.3, 0.4) is 0 Å². The number of thioether (sulfide) groups is 1. The van der Waals surface area contributed by atoms with Gasteiger partial charge in [0, 0.05) is 12.1 Å². The Morgan fingerprint density at radius 1 is 1.33 bits per heavy atom. The van der Waals surface area contributed by atoms with Crippen LogP contribution in [0.4, 0.5) is 11.6 Å². The third-order valence-corrected chi connectivity index (χ3v) is 3.87. The van der Waals surface area contributed by atoms with E-state index in [1.807, 2.05) is 12.3 Å². The number of aromatic nitrogens is 2. The lowest BCUT2D eigenvalue weighted by molar-refractivity contribution is 0.358. The average molecular weight is 267 g/mol. The predicted octanol–water partition coefficient (Wildman–Crippen LogP) is 2.47. The molecule has 2 atom stereocenters. The SMILES string of the molecule is CSc1nc(NN)cc(NC2CCCC(C)C2)n1. The molecule has 1 aromatic rings. The standard InChI is InChI=1S/C12H21N5S/c1-8-4-3-5-9(6-8)14-10-7-11(17-13)16-12(15-10)18-2/h7-9H,3-6,13H2,1-2H3,(H2,14,15,16,17). The van der Waals surface area contributed by atoms with Crippen LogP contribution in [0, 0.1) is 5.92 Å². The van der Waals surface area contributed by atoms with E-state index in [1.54, 1.807) is 0 Å². The maximum atomic E-state index is 5.42. The van der Waals surface area contributed by atoms with E-state index in [0.29, 0.717) is 11.9 Å². The minimum absolute atomic E-state index is 0.518. The third kappa shape index (κ3) is 3.49.